The van der Waals surface area contributed by atoms with Crippen molar-refractivity contribution in [3.05, 3.63) is 53.6 Å². The molecule has 3 aliphatic heterocycles. The van der Waals surface area contributed by atoms with Crippen molar-refractivity contribution in [2.45, 2.75) is 61.2 Å². The van der Waals surface area contributed by atoms with E-state index in [0.717, 1.165) is 0 Å². The molecule has 0 aromatic heterocycles. The Hall–Kier alpha value is -2.85. The minimum atomic E-state index is -1.84. The number of hydrogen-bond acceptors (Lipinski definition) is 13. The summed E-state index contributed by atoms with van der Waals surface area (Å²) in [7, 11) is 0. The number of ketones is 1. The first-order valence-corrected chi connectivity index (χ1v) is 12.3. The van der Waals surface area contributed by atoms with E-state index in [-0.39, 0.29) is 36.1 Å². The molecule has 2 aromatic rings. The third kappa shape index (κ3) is 5.33. The average Bonchev–Trinajstić information content (AvgIpc) is 3.22. The zero-order valence-electron chi connectivity index (χ0n) is 20.6. The molecule has 13 heteroatoms. The number of Topliss-reactive ketones (excluding diaryl/α,β-unsaturated/α-hetero) is 1. The maximum atomic E-state index is 12.8. The molecule has 13 nitrogen and oxygen atoms in total. The van der Waals surface area contributed by atoms with Gasteiger partial charge in [0, 0.05) is 6.07 Å². The van der Waals surface area contributed by atoms with E-state index in [0.29, 0.717) is 11.1 Å². The Morgan fingerprint density at radius 1 is 0.897 bits per heavy atom. The predicted octanol–water partition coefficient (Wildman–Crippen LogP) is -1.61. The van der Waals surface area contributed by atoms with Crippen LogP contribution in [0.5, 0.6) is 17.2 Å². The molecule has 9 atom stereocenters. The van der Waals surface area contributed by atoms with Crippen molar-refractivity contribution in [3.63, 3.8) is 0 Å². The van der Waals surface area contributed by atoms with Gasteiger partial charge < -0.3 is 59.4 Å². The summed E-state index contributed by atoms with van der Waals surface area (Å²) in [6.45, 7) is -1.60. The van der Waals surface area contributed by atoms with Crippen LogP contribution in [0.2, 0.25) is 0 Å². The molecule has 2 saturated heterocycles. The van der Waals surface area contributed by atoms with Crippen molar-refractivity contribution < 1.29 is 64.2 Å². The number of hydrogen-bond donors (Lipinski definition) is 7. The monoisotopic (exact) mass is 550 g/mol. The molecule has 0 saturated carbocycles. The molecule has 0 spiro atoms. The lowest BCUT2D eigenvalue weighted by molar-refractivity contribution is -0.277. The third-order valence-corrected chi connectivity index (χ3v) is 7.08. The number of carbonyl (C=O) groups is 1. The summed E-state index contributed by atoms with van der Waals surface area (Å²) in [5.41, 5.74) is -0.847. The maximum Gasteiger partial charge on any atom is 0.229 e. The SMILES string of the molecule is O=C1CC(c2ccc(OC3OC(CO)C(O)C(O)C3O)cc2)Oc2cc(OC3OC[C@](O)(CO)C3O)ccc21. The predicted molar refractivity (Wildman–Crippen MR) is 128 cm³/mol. The van der Waals surface area contributed by atoms with E-state index in [9.17, 15) is 40.5 Å². The summed E-state index contributed by atoms with van der Waals surface area (Å²) in [6.07, 6.45) is -10.4. The standard InChI is InChI=1S/C26H30O13/c27-9-19-20(30)21(31)22(32)24(39-19)36-13-3-1-12(2-4-13)17-8-16(29)15-6-5-14(7-18(15)38-17)37-25-23(33)26(34,10-28)11-35-25/h1-7,17,19-25,27-28,30-34H,8-11H2/t17?,19?,20?,21?,22?,23?,24?,25?,26-/m1/s1. The second-order valence-electron chi connectivity index (χ2n) is 9.78. The van der Waals surface area contributed by atoms with Gasteiger partial charge in [-0.15, -0.1) is 0 Å². The molecule has 0 radical (unpaired) electrons. The van der Waals surface area contributed by atoms with E-state index in [2.05, 4.69) is 0 Å². The van der Waals surface area contributed by atoms with Crippen molar-refractivity contribution in [1.29, 1.82) is 0 Å². The van der Waals surface area contributed by atoms with Crippen LogP contribution in [-0.4, -0.2) is 110 Å². The van der Waals surface area contributed by atoms with Crippen molar-refractivity contribution in [3.8, 4) is 17.2 Å². The van der Waals surface area contributed by atoms with E-state index in [1.165, 1.54) is 18.2 Å². The lowest BCUT2D eigenvalue weighted by Crippen LogP contribution is -2.60. The number of fused-ring (bicyclic) bond motifs is 1. The summed E-state index contributed by atoms with van der Waals surface area (Å²) in [5.74, 6) is 0.567. The topological polar surface area (TPSA) is 205 Å². The first kappa shape index (κ1) is 27.7. The van der Waals surface area contributed by atoms with Gasteiger partial charge in [0.05, 0.1) is 31.8 Å². The highest BCUT2D eigenvalue weighted by atomic mass is 16.7. The van der Waals surface area contributed by atoms with Crippen molar-refractivity contribution >= 4 is 5.78 Å². The van der Waals surface area contributed by atoms with Gasteiger partial charge in [0.1, 0.15) is 59.5 Å². The van der Waals surface area contributed by atoms with Gasteiger partial charge in [0.15, 0.2) is 5.78 Å². The van der Waals surface area contributed by atoms with Gasteiger partial charge >= 0.3 is 0 Å². The highest BCUT2D eigenvalue weighted by Crippen LogP contribution is 2.38. The molecule has 212 valence electrons. The zero-order chi connectivity index (χ0) is 27.9. The highest BCUT2D eigenvalue weighted by Gasteiger charge is 2.49. The second kappa shape index (κ2) is 11.0. The largest absolute Gasteiger partial charge is 0.484 e. The van der Waals surface area contributed by atoms with Gasteiger partial charge in [0.2, 0.25) is 12.6 Å². The fourth-order valence-electron chi connectivity index (χ4n) is 4.65. The zero-order valence-corrected chi connectivity index (χ0v) is 20.6. The van der Waals surface area contributed by atoms with Crippen LogP contribution in [0.3, 0.4) is 0 Å². The number of carbonyl (C=O) groups excluding carboxylic acids is 1. The van der Waals surface area contributed by atoms with Gasteiger partial charge in [-0.05, 0) is 29.8 Å². The van der Waals surface area contributed by atoms with Gasteiger partial charge in [0.25, 0.3) is 0 Å². The molecule has 2 fully saturated rings. The van der Waals surface area contributed by atoms with Crippen LogP contribution in [-0.2, 0) is 9.47 Å². The molecule has 5 rings (SSSR count). The van der Waals surface area contributed by atoms with Crippen LogP contribution < -0.4 is 14.2 Å². The third-order valence-electron chi connectivity index (χ3n) is 7.08. The molecule has 0 amide bonds. The van der Waals surface area contributed by atoms with Gasteiger partial charge in [-0.3, -0.25) is 4.79 Å². The second-order valence-corrected chi connectivity index (χ2v) is 9.78. The van der Waals surface area contributed by atoms with E-state index < -0.39 is 68.0 Å². The first-order valence-electron chi connectivity index (χ1n) is 12.3. The van der Waals surface area contributed by atoms with Gasteiger partial charge in [-0.25, -0.2) is 0 Å². The summed E-state index contributed by atoms with van der Waals surface area (Å²) < 4.78 is 27.9. The van der Waals surface area contributed by atoms with Crippen LogP contribution in [0.1, 0.15) is 28.4 Å². The minimum Gasteiger partial charge on any atom is -0.484 e. The van der Waals surface area contributed by atoms with Crippen molar-refractivity contribution in [1.82, 2.24) is 0 Å². The fourth-order valence-corrected chi connectivity index (χ4v) is 4.65. The number of rotatable bonds is 7. The van der Waals surface area contributed by atoms with Crippen molar-refractivity contribution in [2.75, 3.05) is 19.8 Å². The van der Waals surface area contributed by atoms with E-state index in [4.69, 9.17) is 23.7 Å². The smallest absolute Gasteiger partial charge is 0.229 e. The lowest BCUT2D eigenvalue weighted by Gasteiger charge is -2.39. The molecular weight excluding hydrogens is 520 g/mol. The molecular formula is C26H30O13. The highest BCUT2D eigenvalue weighted by molar-refractivity contribution is 6.00. The number of aliphatic hydroxyl groups is 7. The minimum absolute atomic E-state index is 0.0636. The van der Waals surface area contributed by atoms with Crippen LogP contribution in [0.15, 0.2) is 42.5 Å². The van der Waals surface area contributed by atoms with Gasteiger partial charge in [-0.1, -0.05) is 12.1 Å². The number of benzene rings is 2. The van der Waals surface area contributed by atoms with Gasteiger partial charge in [-0.2, -0.15) is 0 Å². The van der Waals surface area contributed by atoms with E-state index in [1.807, 2.05) is 0 Å². The summed E-state index contributed by atoms with van der Waals surface area (Å²) >= 11 is 0. The molecule has 8 unspecified atom stereocenters. The average molecular weight is 551 g/mol. The number of aliphatic hydroxyl groups excluding tert-OH is 6. The van der Waals surface area contributed by atoms with Crippen molar-refractivity contribution in [2.24, 2.45) is 0 Å². The fraction of sp³-hybridized carbons (Fsp3) is 0.500. The maximum absolute atomic E-state index is 12.8. The van der Waals surface area contributed by atoms with Crippen LogP contribution in [0.25, 0.3) is 0 Å². The molecule has 3 aliphatic rings. The number of ether oxygens (including phenoxy) is 5. The van der Waals surface area contributed by atoms with Crippen LogP contribution in [0, 0.1) is 0 Å². The summed E-state index contributed by atoms with van der Waals surface area (Å²) in [4.78, 5) is 12.8. The quantitative estimate of drug-likeness (QED) is 0.208. The Morgan fingerprint density at radius 3 is 2.26 bits per heavy atom. The summed E-state index contributed by atoms with van der Waals surface area (Å²) in [6, 6.07) is 10.9. The molecule has 0 aliphatic carbocycles. The lowest BCUT2D eigenvalue weighted by atomic mass is 9.96. The Bertz CT molecular complexity index is 1170. The Kier molecular flexibility index (Phi) is 7.79. The molecule has 2 aromatic carbocycles. The van der Waals surface area contributed by atoms with Crippen LogP contribution in [0.4, 0.5) is 0 Å². The first-order chi connectivity index (χ1) is 18.6. The molecule has 39 heavy (non-hydrogen) atoms. The Labute approximate surface area is 222 Å². The van der Waals surface area contributed by atoms with E-state index in [1.54, 1.807) is 24.3 Å². The van der Waals surface area contributed by atoms with E-state index >= 15 is 0 Å². The van der Waals surface area contributed by atoms with Crippen LogP contribution >= 0.6 is 0 Å². The summed E-state index contributed by atoms with van der Waals surface area (Å²) in [5, 5.41) is 69.0. The molecule has 0 bridgehead atoms. The normalized spacial score (nSPS) is 36.2. The molecule has 7 N–H and O–H groups in total. The Balaban J connectivity index is 1.26. The Morgan fingerprint density at radius 2 is 1.59 bits per heavy atom. The molecule has 3 heterocycles.